The standard InChI is InChI=1S/C16H17N3O3/c1-3-8-22-12-7-5-6-11(9-12)13-10-14(15(20)21-4-2)19-16(17)18-13/h3,5-7,9-10H,1,4,8H2,2H3,(H2,17,18,19). The number of ether oxygens (including phenoxy) is 2. The van der Waals surface area contributed by atoms with E-state index in [-0.39, 0.29) is 18.2 Å². The molecule has 114 valence electrons. The van der Waals surface area contributed by atoms with Crippen LogP contribution in [0.2, 0.25) is 0 Å². The number of aromatic nitrogens is 2. The molecule has 2 rings (SSSR count). The Morgan fingerprint density at radius 2 is 2.18 bits per heavy atom. The smallest absolute Gasteiger partial charge is 0.357 e. The van der Waals surface area contributed by atoms with E-state index in [1.807, 2.05) is 18.2 Å². The highest BCUT2D eigenvalue weighted by atomic mass is 16.5. The van der Waals surface area contributed by atoms with Crippen LogP contribution in [0.1, 0.15) is 17.4 Å². The first kappa shape index (κ1) is 15.5. The average Bonchev–Trinajstić information content (AvgIpc) is 2.53. The number of nitrogens with two attached hydrogens (primary N) is 1. The summed E-state index contributed by atoms with van der Waals surface area (Å²) in [6.45, 7) is 6.00. The molecule has 6 heteroatoms. The Labute approximate surface area is 128 Å². The van der Waals surface area contributed by atoms with Crippen molar-refractivity contribution in [3.05, 3.63) is 48.7 Å². The lowest BCUT2D eigenvalue weighted by atomic mass is 10.1. The summed E-state index contributed by atoms with van der Waals surface area (Å²) in [4.78, 5) is 19.8. The number of nitrogen functional groups attached to an aromatic ring is 1. The van der Waals surface area contributed by atoms with Gasteiger partial charge in [-0.25, -0.2) is 14.8 Å². The van der Waals surface area contributed by atoms with E-state index in [0.29, 0.717) is 18.1 Å². The number of nitrogens with zero attached hydrogens (tertiary/aromatic N) is 2. The van der Waals surface area contributed by atoms with Gasteiger partial charge in [0.2, 0.25) is 5.95 Å². The van der Waals surface area contributed by atoms with Crippen LogP contribution in [0.5, 0.6) is 5.75 Å². The molecule has 2 aromatic rings. The number of benzene rings is 1. The molecule has 22 heavy (non-hydrogen) atoms. The van der Waals surface area contributed by atoms with E-state index in [4.69, 9.17) is 15.2 Å². The first-order valence-electron chi connectivity index (χ1n) is 6.80. The van der Waals surface area contributed by atoms with Crippen LogP contribution in [0, 0.1) is 0 Å². The maximum atomic E-state index is 11.8. The van der Waals surface area contributed by atoms with Gasteiger partial charge in [0.15, 0.2) is 5.69 Å². The Morgan fingerprint density at radius 1 is 1.36 bits per heavy atom. The number of anilines is 1. The number of hydrogen-bond donors (Lipinski definition) is 1. The Morgan fingerprint density at radius 3 is 2.91 bits per heavy atom. The van der Waals surface area contributed by atoms with Crippen LogP contribution in [-0.4, -0.2) is 29.2 Å². The lowest BCUT2D eigenvalue weighted by Crippen LogP contribution is -2.10. The molecule has 0 fully saturated rings. The van der Waals surface area contributed by atoms with Gasteiger partial charge < -0.3 is 15.2 Å². The Balaban J connectivity index is 2.35. The summed E-state index contributed by atoms with van der Waals surface area (Å²) >= 11 is 0. The summed E-state index contributed by atoms with van der Waals surface area (Å²) in [5.74, 6) is 0.155. The fraction of sp³-hybridized carbons (Fsp3) is 0.188. The molecule has 6 nitrogen and oxygen atoms in total. The molecule has 1 aromatic carbocycles. The van der Waals surface area contributed by atoms with Crippen molar-refractivity contribution in [2.45, 2.75) is 6.92 Å². The second-order valence-corrected chi connectivity index (χ2v) is 4.34. The molecule has 0 aliphatic carbocycles. The number of esters is 1. The zero-order valence-corrected chi connectivity index (χ0v) is 12.3. The molecular formula is C16H17N3O3. The predicted molar refractivity (Wildman–Crippen MR) is 83.5 cm³/mol. The van der Waals surface area contributed by atoms with Crippen LogP contribution in [0.4, 0.5) is 5.95 Å². The summed E-state index contributed by atoms with van der Waals surface area (Å²) in [5, 5.41) is 0. The molecule has 0 atom stereocenters. The molecule has 0 saturated heterocycles. The molecule has 0 aliphatic rings. The third-order valence-electron chi connectivity index (χ3n) is 2.73. The number of carbonyl (C=O) groups is 1. The number of carbonyl (C=O) groups excluding carboxylic acids is 1. The van der Waals surface area contributed by atoms with Gasteiger partial charge in [-0.3, -0.25) is 0 Å². The summed E-state index contributed by atoms with van der Waals surface area (Å²) in [7, 11) is 0. The first-order chi connectivity index (χ1) is 10.6. The number of hydrogen-bond acceptors (Lipinski definition) is 6. The van der Waals surface area contributed by atoms with Crippen molar-refractivity contribution in [3.63, 3.8) is 0 Å². The second-order valence-electron chi connectivity index (χ2n) is 4.34. The number of rotatable bonds is 6. The fourth-order valence-corrected chi connectivity index (χ4v) is 1.82. The van der Waals surface area contributed by atoms with Crippen molar-refractivity contribution in [2.24, 2.45) is 0 Å². The van der Waals surface area contributed by atoms with Crippen molar-refractivity contribution in [1.82, 2.24) is 9.97 Å². The minimum atomic E-state index is -0.531. The maximum Gasteiger partial charge on any atom is 0.357 e. The van der Waals surface area contributed by atoms with Gasteiger partial charge in [-0.05, 0) is 25.1 Å². The van der Waals surface area contributed by atoms with Crippen molar-refractivity contribution < 1.29 is 14.3 Å². The molecule has 1 heterocycles. The minimum absolute atomic E-state index is 0.0120. The fourth-order valence-electron chi connectivity index (χ4n) is 1.82. The summed E-state index contributed by atoms with van der Waals surface area (Å²) in [5.41, 5.74) is 7.09. The molecule has 0 spiro atoms. The molecule has 0 amide bonds. The molecule has 0 unspecified atom stereocenters. The van der Waals surface area contributed by atoms with E-state index in [1.165, 1.54) is 0 Å². The average molecular weight is 299 g/mol. The highest BCUT2D eigenvalue weighted by molar-refractivity contribution is 5.88. The van der Waals surface area contributed by atoms with Gasteiger partial charge in [0.05, 0.1) is 12.3 Å². The normalized spacial score (nSPS) is 10.0. The Kier molecular flexibility index (Phi) is 5.08. The largest absolute Gasteiger partial charge is 0.490 e. The zero-order valence-electron chi connectivity index (χ0n) is 12.3. The Hall–Kier alpha value is -2.89. The van der Waals surface area contributed by atoms with Crippen LogP contribution < -0.4 is 10.5 Å². The third-order valence-corrected chi connectivity index (χ3v) is 2.73. The van der Waals surface area contributed by atoms with Crippen LogP contribution in [0.15, 0.2) is 43.0 Å². The lowest BCUT2D eigenvalue weighted by molar-refractivity contribution is 0.0519. The highest BCUT2D eigenvalue weighted by Crippen LogP contribution is 2.23. The molecule has 0 radical (unpaired) electrons. The van der Waals surface area contributed by atoms with Gasteiger partial charge in [0, 0.05) is 5.56 Å². The molecule has 0 bridgehead atoms. The monoisotopic (exact) mass is 299 g/mol. The molecule has 1 aromatic heterocycles. The van der Waals surface area contributed by atoms with E-state index >= 15 is 0 Å². The molecule has 0 aliphatic heterocycles. The quantitative estimate of drug-likeness (QED) is 0.651. The van der Waals surface area contributed by atoms with Gasteiger partial charge in [-0.2, -0.15) is 0 Å². The SMILES string of the molecule is C=CCOc1cccc(-c2cc(C(=O)OCC)nc(N)n2)c1. The van der Waals surface area contributed by atoms with E-state index in [0.717, 1.165) is 5.56 Å². The van der Waals surface area contributed by atoms with Gasteiger partial charge in [-0.15, -0.1) is 0 Å². The molecule has 0 saturated carbocycles. The summed E-state index contributed by atoms with van der Waals surface area (Å²) in [6, 6.07) is 8.85. The molecular weight excluding hydrogens is 282 g/mol. The summed E-state index contributed by atoms with van der Waals surface area (Å²) < 4.78 is 10.4. The van der Waals surface area contributed by atoms with Crippen LogP contribution in [0.25, 0.3) is 11.3 Å². The van der Waals surface area contributed by atoms with E-state index in [2.05, 4.69) is 16.5 Å². The highest BCUT2D eigenvalue weighted by Gasteiger charge is 2.13. The second kappa shape index (κ2) is 7.21. The van der Waals surface area contributed by atoms with Gasteiger partial charge in [0.25, 0.3) is 0 Å². The zero-order chi connectivity index (χ0) is 15.9. The van der Waals surface area contributed by atoms with E-state index in [9.17, 15) is 4.79 Å². The van der Waals surface area contributed by atoms with Crippen LogP contribution in [-0.2, 0) is 4.74 Å². The van der Waals surface area contributed by atoms with Gasteiger partial charge in [0.1, 0.15) is 12.4 Å². The lowest BCUT2D eigenvalue weighted by Gasteiger charge is -2.08. The van der Waals surface area contributed by atoms with Crippen LogP contribution >= 0.6 is 0 Å². The van der Waals surface area contributed by atoms with E-state index < -0.39 is 5.97 Å². The van der Waals surface area contributed by atoms with Crippen molar-refractivity contribution >= 4 is 11.9 Å². The maximum absolute atomic E-state index is 11.8. The van der Waals surface area contributed by atoms with Crippen molar-refractivity contribution in [2.75, 3.05) is 18.9 Å². The van der Waals surface area contributed by atoms with Crippen molar-refractivity contribution in [1.29, 1.82) is 0 Å². The summed E-state index contributed by atoms with van der Waals surface area (Å²) in [6.07, 6.45) is 1.66. The molecule has 2 N–H and O–H groups in total. The first-order valence-corrected chi connectivity index (χ1v) is 6.80. The van der Waals surface area contributed by atoms with E-state index in [1.54, 1.807) is 25.1 Å². The Bertz CT molecular complexity index is 686. The van der Waals surface area contributed by atoms with Crippen LogP contribution in [0.3, 0.4) is 0 Å². The topological polar surface area (TPSA) is 87.3 Å². The van der Waals surface area contributed by atoms with Gasteiger partial charge >= 0.3 is 5.97 Å². The minimum Gasteiger partial charge on any atom is -0.490 e. The van der Waals surface area contributed by atoms with Gasteiger partial charge in [-0.1, -0.05) is 24.8 Å². The third kappa shape index (κ3) is 3.82. The predicted octanol–water partition coefficient (Wildman–Crippen LogP) is 2.47. The van der Waals surface area contributed by atoms with Crippen molar-refractivity contribution in [3.8, 4) is 17.0 Å².